The Morgan fingerprint density at radius 1 is 1.20 bits per heavy atom. The van der Waals surface area contributed by atoms with Crippen molar-refractivity contribution in [2.45, 2.75) is 6.61 Å². The maximum atomic E-state index is 8.52. The van der Waals surface area contributed by atoms with E-state index in [9.17, 15) is 0 Å². The Morgan fingerprint density at radius 3 is 2.75 bits per heavy atom. The molecule has 0 aliphatic rings. The van der Waals surface area contributed by atoms with Gasteiger partial charge in [-0.15, -0.1) is 0 Å². The summed E-state index contributed by atoms with van der Waals surface area (Å²) in [6.45, 7) is 0.393. The molecule has 0 unspecified atom stereocenters. The Bertz CT molecular complexity index is 614. The molecule has 0 aliphatic heterocycles. The summed E-state index contributed by atoms with van der Waals surface area (Å²) >= 11 is 5.92. The van der Waals surface area contributed by atoms with Gasteiger partial charge in [-0.25, -0.2) is 0 Å². The van der Waals surface area contributed by atoms with Gasteiger partial charge < -0.3 is 14.7 Å². The fourth-order valence-electron chi connectivity index (χ4n) is 1.74. The second-order valence-corrected chi connectivity index (χ2v) is 4.51. The van der Waals surface area contributed by atoms with Crippen LogP contribution < -0.4 is 9.47 Å². The Balaban J connectivity index is 2.13. The Morgan fingerprint density at radius 2 is 2.05 bits per heavy atom. The second-order valence-electron chi connectivity index (χ2n) is 4.07. The molecule has 1 N–H and O–H groups in total. The van der Waals surface area contributed by atoms with Crippen molar-refractivity contribution in [2.24, 2.45) is 5.16 Å². The van der Waals surface area contributed by atoms with E-state index in [1.165, 1.54) is 6.21 Å². The van der Waals surface area contributed by atoms with Gasteiger partial charge in [-0.05, 0) is 35.9 Å². The Hall–Kier alpha value is -2.20. The highest BCUT2D eigenvalue weighted by atomic mass is 35.5. The Kier molecular flexibility index (Phi) is 4.85. The van der Waals surface area contributed by atoms with Crippen LogP contribution in [0.5, 0.6) is 11.5 Å². The number of halogens is 1. The summed E-state index contributed by atoms with van der Waals surface area (Å²) in [5.41, 5.74) is 1.69. The minimum Gasteiger partial charge on any atom is -0.493 e. The van der Waals surface area contributed by atoms with Crippen molar-refractivity contribution in [1.82, 2.24) is 0 Å². The van der Waals surface area contributed by atoms with Crippen molar-refractivity contribution in [1.29, 1.82) is 0 Å². The van der Waals surface area contributed by atoms with Crippen LogP contribution in [0, 0.1) is 0 Å². The molecule has 5 heteroatoms. The lowest BCUT2D eigenvalue weighted by Crippen LogP contribution is -1.98. The molecule has 0 aliphatic carbocycles. The average Bonchev–Trinajstić information content (AvgIpc) is 2.46. The van der Waals surface area contributed by atoms with Crippen molar-refractivity contribution in [3.63, 3.8) is 0 Å². The van der Waals surface area contributed by atoms with Crippen LogP contribution in [0.2, 0.25) is 5.02 Å². The second kappa shape index (κ2) is 6.82. The summed E-state index contributed by atoms with van der Waals surface area (Å²) in [7, 11) is 1.56. The molecule has 2 aromatic rings. The van der Waals surface area contributed by atoms with Crippen LogP contribution in [-0.4, -0.2) is 18.5 Å². The largest absolute Gasteiger partial charge is 0.493 e. The minimum absolute atomic E-state index is 0.393. The van der Waals surface area contributed by atoms with E-state index in [0.29, 0.717) is 23.1 Å². The van der Waals surface area contributed by atoms with Gasteiger partial charge in [-0.1, -0.05) is 28.9 Å². The van der Waals surface area contributed by atoms with Crippen molar-refractivity contribution in [3.8, 4) is 11.5 Å². The number of ether oxygens (including phenoxy) is 2. The highest BCUT2D eigenvalue weighted by molar-refractivity contribution is 6.30. The number of methoxy groups -OCH3 is 1. The number of hydrogen-bond donors (Lipinski definition) is 1. The van der Waals surface area contributed by atoms with Gasteiger partial charge in [-0.3, -0.25) is 0 Å². The molecule has 0 spiro atoms. The van der Waals surface area contributed by atoms with Crippen LogP contribution in [0.4, 0.5) is 0 Å². The van der Waals surface area contributed by atoms with Crippen LogP contribution in [0.15, 0.2) is 47.6 Å². The van der Waals surface area contributed by atoms with Gasteiger partial charge in [-0.2, -0.15) is 0 Å². The monoisotopic (exact) mass is 291 g/mol. The molecule has 4 nitrogen and oxygen atoms in total. The third-order valence-electron chi connectivity index (χ3n) is 2.68. The highest BCUT2D eigenvalue weighted by Gasteiger charge is 2.05. The third-order valence-corrected chi connectivity index (χ3v) is 2.91. The van der Waals surface area contributed by atoms with E-state index in [2.05, 4.69) is 5.16 Å². The maximum absolute atomic E-state index is 8.52. The van der Waals surface area contributed by atoms with Gasteiger partial charge in [0.05, 0.1) is 13.3 Å². The summed E-state index contributed by atoms with van der Waals surface area (Å²) in [6.07, 6.45) is 1.32. The van der Waals surface area contributed by atoms with Gasteiger partial charge in [0.1, 0.15) is 6.61 Å². The molecule has 104 valence electrons. The number of oxime groups is 1. The third kappa shape index (κ3) is 3.65. The van der Waals surface area contributed by atoms with E-state index < -0.39 is 0 Å². The predicted octanol–water partition coefficient (Wildman–Crippen LogP) is 3.74. The van der Waals surface area contributed by atoms with E-state index in [0.717, 1.165) is 11.1 Å². The molecule has 20 heavy (non-hydrogen) atoms. The smallest absolute Gasteiger partial charge is 0.161 e. The van der Waals surface area contributed by atoms with Gasteiger partial charge in [0.15, 0.2) is 11.5 Å². The van der Waals surface area contributed by atoms with Crippen LogP contribution in [0.1, 0.15) is 11.1 Å². The number of benzene rings is 2. The first kappa shape index (κ1) is 14.2. The lowest BCUT2D eigenvalue weighted by Gasteiger charge is -2.11. The number of hydrogen-bond acceptors (Lipinski definition) is 4. The average molecular weight is 292 g/mol. The normalized spacial score (nSPS) is 10.7. The van der Waals surface area contributed by atoms with E-state index in [1.54, 1.807) is 25.3 Å². The number of nitrogens with zero attached hydrogens (tertiary/aromatic N) is 1. The lowest BCUT2D eigenvalue weighted by atomic mass is 10.2. The zero-order valence-corrected chi connectivity index (χ0v) is 11.7. The minimum atomic E-state index is 0.393. The fourth-order valence-corrected chi connectivity index (χ4v) is 1.95. The summed E-state index contributed by atoms with van der Waals surface area (Å²) in [5, 5.41) is 12.2. The molecule has 0 atom stereocenters. The van der Waals surface area contributed by atoms with Gasteiger partial charge in [0.2, 0.25) is 0 Å². The molecule has 2 rings (SSSR count). The summed E-state index contributed by atoms with van der Waals surface area (Å²) in [6, 6.07) is 12.7. The molecule has 0 saturated heterocycles. The van der Waals surface area contributed by atoms with Crippen molar-refractivity contribution < 1.29 is 14.7 Å². The first-order valence-electron chi connectivity index (χ1n) is 5.95. The molecule has 0 bridgehead atoms. The van der Waals surface area contributed by atoms with Crippen LogP contribution >= 0.6 is 11.6 Å². The van der Waals surface area contributed by atoms with Crippen molar-refractivity contribution in [3.05, 3.63) is 58.6 Å². The molecule has 0 aromatic heterocycles. The van der Waals surface area contributed by atoms with Gasteiger partial charge in [0, 0.05) is 10.6 Å². The van der Waals surface area contributed by atoms with E-state index >= 15 is 0 Å². The maximum Gasteiger partial charge on any atom is 0.161 e. The van der Waals surface area contributed by atoms with Crippen molar-refractivity contribution in [2.75, 3.05) is 7.11 Å². The SMILES string of the molecule is COc1cc(C=NO)ccc1OCc1cccc(Cl)c1. The summed E-state index contributed by atoms with van der Waals surface area (Å²) in [5.74, 6) is 1.19. The van der Waals surface area contributed by atoms with E-state index in [4.69, 9.17) is 26.3 Å². The Labute approximate surface area is 122 Å². The molecular formula is C15H14ClNO3. The molecule has 0 amide bonds. The van der Waals surface area contributed by atoms with E-state index in [-0.39, 0.29) is 0 Å². The summed E-state index contributed by atoms with van der Waals surface area (Å²) < 4.78 is 11.0. The lowest BCUT2D eigenvalue weighted by molar-refractivity contribution is 0.284. The van der Waals surface area contributed by atoms with Crippen LogP contribution in [0.3, 0.4) is 0 Å². The zero-order valence-electron chi connectivity index (χ0n) is 10.9. The molecule has 0 saturated carbocycles. The van der Waals surface area contributed by atoms with Gasteiger partial charge in [0.25, 0.3) is 0 Å². The van der Waals surface area contributed by atoms with Crippen LogP contribution in [0.25, 0.3) is 0 Å². The predicted molar refractivity (Wildman–Crippen MR) is 78.2 cm³/mol. The number of rotatable bonds is 5. The molecule has 2 aromatic carbocycles. The zero-order chi connectivity index (χ0) is 14.4. The standard InChI is InChI=1S/C15H14ClNO3/c1-19-15-8-11(9-17-18)5-6-14(15)20-10-12-3-2-4-13(16)7-12/h2-9,18H,10H2,1H3. The highest BCUT2D eigenvalue weighted by Crippen LogP contribution is 2.28. The van der Waals surface area contributed by atoms with E-state index in [1.807, 2.05) is 24.3 Å². The van der Waals surface area contributed by atoms with Crippen molar-refractivity contribution >= 4 is 17.8 Å². The van der Waals surface area contributed by atoms with Crippen LogP contribution in [-0.2, 0) is 6.61 Å². The van der Waals surface area contributed by atoms with Gasteiger partial charge >= 0.3 is 0 Å². The molecule has 0 radical (unpaired) electrons. The fraction of sp³-hybridized carbons (Fsp3) is 0.133. The summed E-state index contributed by atoms with van der Waals surface area (Å²) in [4.78, 5) is 0. The first-order chi connectivity index (χ1) is 9.72. The molecule has 0 heterocycles. The molecule has 0 fully saturated rings. The first-order valence-corrected chi connectivity index (χ1v) is 6.33. The quantitative estimate of drug-likeness (QED) is 0.519. The topological polar surface area (TPSA) is 51.0 Å². The molecular weight excluding hydrogens is 278 g/mol.